The average molecular weight is 330 g/mol. The molecule has 2 fully saturated rings. The lowest BCUT2D eigenvalue weighted by Crippen LogP contribution is -2.40. The molecule has 1 aromatic carbocycles. The minimum absolute atomic E-state index is 0.256. The van der Waals surface area contributed by atoms with E-state index in [-0.39, 0.29) is 5.97 Å². The van der Waals surface area contributed by atoms with E-state index in [1.54, 1.807) is 0 Å². The van der Waals surface area contributed by atoms with Crippen molar-refractivity contribution in [2.45, 2.75) is 76.2 Å². The van der Waals surface area contributed by atoms with Gasteiger partial charge >= 0.3 is 5.97 Å². The van der Waals surface area contributed by atoms with Crippen molar-refractivity contribution in [3.63, 3.8) is 0 Å². The molecule has 0 aliphatic heterocycles. The van der Waals surface area contributed by atoms with Crippen LogP contribution in [0.4, 0.5) is 0 Å². The molecule has 132 valence electrons. The summed E-state index contributed by atoms with van der Waals surface area (Å²) >= 11 is 0. The molecular formula is C21H30O3. The molecule has 0 saturated heterocycles. The molecule has 0 heterocycles. The van der Waals surface area contributed by atoms with Crippen LogP contribution in [-0.2, 0) is 14.9 Å². The van der Waals surface area contributed by atoms with Crippen molar-refractivity contribution < 1.29 is 14.3 Å². The van der Waals surface area contributed by atoms with Crippen LogP contribution in [0.15, 0.2) is 24.3 Å². The Labute approximate surface area is 145 Å². The third kappa shape index (κ3) is 3.66. The van der Waals surface area contributed by atoms with Crippen LogP contribution in [0.2, 0.25) is 0 Å². The van der Waals surface area contributed by atoms with Gasteiger partial charge in [-0.05, 0) is 67.6 Å². The summed E-state index contributed by atoms with van der Waals surface area (Å²) in [4.78, 5) is 11.1. The van der Waals surface area contributed by atoms with E-state index < -0.39 is 0 Å². The lowest BCUT2D eigenvalue weighted by atomic mass is 9.58. The fourth-order valence-corrected chi connectivity index (χ4v) is 4.99. The van der Waals surface area contributed by atoms with Gasteiger partial charge in [0, 0.05) is 14.0 Å². The molecule has 0 spiro atoms. The van der Waals surface area contributed by atoms with Gasteiger partial charge in [-0.1, -0.05) is 31.4 Å². The monoisotopic (exact) mass is 330 g/mol. The lowest BCUT2D eigenvalue weighted by molar-refractivity contribution is -0.131. The molecule has 1 aromatic rings. The first-order valence-corrected chi connectivity index (χ1v) is 9.46. The topological polar surface area (TPSA) is 35.5 Å². The number of rotatable bonds is 4. The van der Waals surface area contributed by atoms with Crippen LogP contribution in [0, 0.1) is 5.92 Å². The number of hydrogen-bond acceptors (Lipinski definition) is 3. The molecule has 2 saturated carbocycles. The molecule has 2 aliphatic carbocycles. The Morgan fingerprint density at radius 2 is 1.62 bits per heavy atom. The first kappa shape index (κ1) is 17.5. The van der Waals surface area contributed by atoms with Crippen molar-refractivity contribution in [3.05, 3.63) is 29.8 Å². The average Bonchev–Trinajstić information content (AvgIpc) is 2.62. The summed E-state index contributed by atoms with van der Waals surface area (Å²) in [5, 5.41) is 0. The first-order valence-electron chi connectivity index (χ1n) is 9.46. The zero-order valence-corrected chi connectivity index (χ0v) is 15.1. The largest absolute Gasteiger partial charge is 0.427 e. The highest BCUT2D eigenvalue weighted by Crippen LogP contribution is 2.50. The molecule has 0 atom stereocenters. The van der Waals surface area contributed by atoms with Crippen molar-refractivity contribution in [2.75, 3.05) is 7.11 Å². The van der Waals surface area contributed by atoms with Gasteiger partial charge in [0.25, 0.3) is 0 Å². The quantitative estimate of drug-likeness (QED) is 0.574. The van der Waals surface area contributed by atoms with E-state index in [1.807, 2.05) is 19.2 Å². The van der Waals surface area contributed by atoms with E-state index in [1.165, 1.54) is 70.3 Å². The molecule has 0 N–H and O–H groups in total. The maximum absolute atomic E-state index is 11.1. The van der Waals surface area contributed by atoms with Gasteiger partial charge in [0.1, 0.15) is 5.75 Å². The van der Waals surface area contributed by atoms with E-state index in [4.69, 9.17) is 9.47 Å². The zero-order valence-electron chi connectivity index (χ0n) is 15.1. The van der Waals surface area contributed by atoms with E-state index in [9.17, 15) is 4.79 Å². The van der Waals surface area contributed by atoms with Crippen molar-refractivity contribution in [1.82, 2.24) is 0 Å². The highest BCUT2D eigenvalue weighted by atomic mass is 16.5. The molecule has 3 rings (SSSR count). The van der Waals surface area contributed by atoms with Gasteiger partial charge in [-0.25, -0.2) is 0 Å². The number of hydrogen-bond donors (Lipinski definition) is 0. The second-order valence-corrected chi connectivity index (χ2v) is 7.54. The lowest BCUT2D eigenvalue weighted by Gasteiger charge is -2.47. The van der Waals surface area contributed by atoms with Gasteiger partial charge in [0.05, 0.1) is 6.10 Å². The molecule has 0 amide bonds. The van der Waals surface area contributed by atoms with E-state index in [0.29, 0.717) is 17.3 Å². The number of carbonyl (C=O) groups is 1. The SMILES string of the molecule is COC1CCC(C2(c3ccc(OC(C)=O)cc3)CCCCC2)CC1. The number of benzene rings is 1. The van der Waals surface area contributed by atoms with Crippen molar-refractivity contribution >= 4 is 5.97 Å². The Morgan fingerprint density at radius 3 is 2.17 bits per heavy atom. The normalized spacial score (nSPS) is 26.8. The van der Waals surface area contributed by atoms with Gasteiger partial charge in [-0.15, -0.1) is 0 Å². The number of ether oxygens (including phenoxy) is 2. The van der Waals surface area contributed by atoms with Gasteiger partial charge in [-0.2, -0.15) is 0 Å². The van der Waals surface area contributed by atoms with Crippen molar-refractivity contribution in [1.29, 1.82) is 0 Å². The fraction of sp³-hybridized carbons (Fsp3) is 0.667. The Kier molecular flexibility index (Phi) is 5.60. The summed E-state index contributed by atoms with van der Waals surface area (Å²) in [7, 11) is 1.84. The Morgan fingerprint density at radius 1 is 1.00 bits per heavy atom. The second-order valence-electron chi connectivity index (χ2n) is 7.54. The van der Waals surface area contributed by atoms with Gasteiger partial charge in [-0.3, -0.25) is 4.79 Å². The van der Waals surface area contributed by atoms with E-state index in [2.05, 4.69) is 12.1 Å². The smallest absolute Gasteiger partial charge is 0.308 e. The summed E-state index contributed by atoms with van der Waals surface area (Å²) in [6.07, 6.45) is 12.0. The summed E-state index contributed by atoms with van der Waals surface area (Å²) in [6.45, 7) is 1.45. The van der Waals surface area contributed by atoms with Crippen LogP contribution in [0.3, 0.4) is 0 Å². The van der Waals surface area contributed by atoms with Crippen LogP contribution < -0.4 is 4.74 Å². The van der Waals surface area contributed by atoms with E-state index in [0.717, 1.165) is 5.92 Å². The Balaban J connectivity index is 1.82. The van der Waals surface area contributed by atoms with Crippen LogP contribution in [0.5, 0.6) is 5.75 Å². The molecule has 0 aromatic heterocycles. The Hall–Kier alpha value is -1.35. The molecule has 24 heavy (non-hydrogen) atoms. The summed E-state index contributed by atoms with van der Waals surface area (Å²) in [5.74, 6) is 1.15. The molecule has 0 bridgehead atoms. The van der Waals surface area contributed by atoms with E-state index >= 15 is 0 Å². The molecule has 0 radical (unpaired) electrons. The molecule has 3 nitrogen and oxygen atoms in total. The standard InChI is InChI=1S/C21H30O3/c1-16(22)24-20-12-8-18(9-13-20)21(14-4-3-5-15-21)17-6-10-19(23-2)11-7-17/h8-9,12-13,17,19H,3-7,10-11,14-15H2,1-2H3. The number of carbonyl (C=O) groups excluding carboxylic acids is 1. The zero-order chi connectivity index (χ0) is 17.0. The van der Waals surface area contributed by atoms with Crippen LogP contribution >= 0.6 is 0 Å². The first-order chi connectivity index (χ1) is 11.6. The minimum atomic E-state index is -0.256. The summed E-state index contributed by atoms with van der Waals surface area (Å²) < 4.78 is 10.8. The maximum atomic E-state index is 11.1. The highest BCUT2D eigenvalue weighted by molar-refractivity contribution is 5.69. The van der Waals surface area contributed by atoms with Crippen molar-refractivity contribution in [3.8, 4) is 5.75 Å². The summed E-state index contributed by atoms with van der Waals surface area (Å²) in [5.41, 5.74) is 1.75. The van der Waals surface area contributed by atoms with Gasteiger partial charge in [0.2, 0.25) is 0 Å². The van der Waals surface area contributed by atoms with Gasteiger partial charge in [0.15, 0.2) is 0 Å². The molecule has 3 heteroatoms. The van der Waals surface area contributed by atoms with Crippen LogP contribution in [0.25, 0.3) is 0 Å². The fourth-order valence-electron chi connectivity index (χ4n) is 4.99. The predicted octanol–water partition coefficient (Wildman–Crippen LogP) is 5.02. The van der Waals surface area contributed by atoms with Gasteiger partial charge < -0.3 is 9.47 Å². The van der Waals surface area contributed by atoms with Crippen LogP contribution in [0.1, 0.15) is 70.3 Å². The molecule has 0 unspecified atom stereocenters. The Bertz CT molecular complexity index is 535. The minimum Gasteiger partial charge on any atom is -0.427 e. The highest BCUT2D eigenvalue weighted by Gasteiger charge is 2.42. The number of methoxy groups -OCH3 is 1. The summed E-state index contributed by atoms with van der Waals surface area (Å²) in [6, 6.07) is 8.33. The van der Waals surface area contributed by atoms with Crippen molar-refractivity contribution in [2.24, 2.45) is 5.92 Å². The molecular weight excluding hydrogens is 300 g/mol. The molecule has 2 aliphatic rings. The number of esters is 1. The maximum Gasteiger partial charge on any atom is 0.308 e. The van der Waals surface area contributed by atoms with Crippen LogP contribution in [-0.4, -0.2) is 19.2 Å². The third-order valence-corrected chi connectivity index (χ3v) is 6.23. The third-order valence-electron chi connectivity index (χ3n) is 6.23. The predicted molar refractivity (Wildman–Crippen MR) is 95.3 cm³/mol. The second kappa shape index (κ2) is 7.69.